The number of thiazole rings is 1. The van der Waals surface area contributed by atoms with Gasteiger partial charge in [-0.1, -0.05) is 30.4 Å². The summed E-state index contributed by atoms with van der Waals surface area (Å²) in [6.07, 6.45) is 1.31. The fourth-order valence-electron chi connectivity index (χ4n) is 2.50. The van der Waals surface area contributed by atoms with Crippen LogP contribution < -0.4 is 10.6 Å². The van der Waals surface area contributed by atoms with Gasteiger partial charge in [-0.2, -0.15) is 0 Å². The molecule has 0 radical (unpaired) electrons. The van der Waals surface area contributed by atoms with Crippen molar-refractivity contribution in [3.8, 4) is 0 Å². The van der Waals surface area contributed by atoms with Crippen LogP contribution >= 0.6 is 23.1 Å². The number of carbonyl (C=O) groups is 2. The number of fused-ring (bicyclic) bond motifs is 1. The Hall–Kier alpha value is -2.38. The molecule has 0 saturated heterocycles. The number of anilines is 2. The van der Waals surface area contributed by atoms with E-state index < -0.39 is 0 Å². The van der Waals surface area contributed by atoms with E-state index in [2.05, 4.69) is 21.7 Å². The molecule has 2 aromatic carbocycles. The number of hydrogen-bond acceptors (Lipinski definition) is 5. The molecule has 0 unspecified atom stereocenters. The predicted molar refractivity (Wildman–Crippen MR) is 114 cm³/mol. The van der Waals surface area contributed by atoms with Gasteiger partial charge in [-0.25, -0.2) is 4.98 Å². The summed E-state index contributed by atoms with van der Waals surface area (Å²) in [5, 5.41) is 6.34. The molecule has 140 valence electrons. The van der Waals surface area contributed by atoms with Crippen molar-refractivity contribution < 1.29 is 9.59 Å². The van der Waals surface area contributed by atoms with Crippen LogP contribution in [0.5, 0.6) is 0 Å². The number of benzene rings is 2. The number of amides is 2. The smallest absolute Gasteiger partial charge is 0.236 e. The maximum Gasteiger partial charge on any atom is 0.236 e. The summed E-state index contributed by atoms with van der Waals surface area (Å²) >= 11 is 2.90. The Morgan fingerprint density at radius 1 is 1.11 bits per heavy atom. The maximum atomic E-state index is 12.2. The lowest BCUT2D eigenvalue weighted by Crippen LogP contribution is -2.13. The lowest BCUT2D eigenvalue weighted by Gasteiger charge is -2.07. The number of thioether (sulfide) groups is 1. The summed E-state index contributed by atoms with van der Waals surface area (Å²) in [4.78, 5) is 29.3. The first-order valence-electron chi connectivity index (χ1n) is 8.73. The number of nitrogens with zero attached hydrogens (tertiary/aromatic N) is 1. The third-order valence-corrected chi connectivity index (χ3v) is 5.68. The molecule has 0 spiro atoms. The highest BCUT2D eigenvalue weighted by Gasteiger charge is 2.09. The number of carbonyl (C=O) groups excluding carboxylic acids is 2. The summed E-state index contributed by atoms with van der Waals surface area (Å²) in [6, 6.07) is 13.6. The number of aromatic nitrogens is 1. The molecule has 0 atom stereocenters. The molecule has 7 heteroatoms. The fourth-order valence-corrected chi connectivity index (χ4v) is 4.24. The Labute approximate surface area is 166 Å². The van der Waals surface area contributed by atoms with E-state index in [1.807, 2.05) is 50.2 Å². The molecule has 1 heterocycles. The van der Waals surface area contributed by atoms with Gasteiger partial charge in [0.25, 0.3) is 0 Å². The molecule has 0 aliphatic rings. The maximum absolute atomic E-state index is 12.2. The van der Waals surface area contributed by atoms with Crippen LogP contribution in [0.2, 0.25) is 0 Å². The SMILES string of the molecule is CCCC(=O)Nc1cccc(SCC(=O)Nc2nc3ccc(C)cc3s2)c1. The summed E-state index contributed by atoms with van der Waals surface area (Å²) in [5.41, 5.74) is 2.81. The second-order valence-corrected chi connectivity index (χ2v) is 8.23. The van der Waals surface area contributed by atoms with Crippen molar-refractivity contribution in [1.82, 2.24) is 4.98 Å². The largest absolute Gasteiger partial charge is 0.326 e. The van der Waals surface area contributed by atoms with Crippen molar-refractivity contribution in [1.29, 1.82) is 0 Å². The van der Waals surface area contributed by atoms with Gasteiger partial charge in [-0.15, -0.1) is 11.8 Å². The molecule has 5 nitrogen and oxygen atoms in total. The van der Waals surface area contributed by atoms with Crippen LogP contribution in [0.25, 0.3) is 10.2 Å². The Morgan fingerprint density at radius 2 is 1.96 bits per heavy atom. The van der Waals surface area contributed by atoms with Gasteiger partial charge >= 0.3 is 0 Å². The van der Waals surface area contributed by atoms with Gasteiger partial charge in [0, 0.05) is 17.0 Å². The highest BCUT2D eigenvalue weighted by atomic mass is 32.2. The Balaban J connectivity index is 1.56. The summed E-state index contributed by atoms with van der Waals surface area (Å²) in [6.45, 7) is 4.00. The number of aryl methyl sites for hydroxylation is 1. The third-order valence-electron chi connectivity index (χ3n) is 3.76. The van der Waals surface area contributed by atoms with E-state index in [0.717, 1.165) is 27.2 Å². The van der Waals surface area contributed by atoms with E-state index in [4.69, 9.17) is 0 Å². The fraction of sp³-hybridized carbons (Fsp3) is 0.250. The van der Waals surface area contributed by atoms with Gasteiger partial charge in [0.1, 0.15) is 0 Å². The van der Waals surface area contributed by atoms with Crippen LogP contribution in [-0.4, -0.2) is 22.6 Å². The minimum Gasteiger partial charge on any atom is -0.326 e. The zero-order valence-electron chi connectivity index (χ0n) is 15.2. The normalized spacial score (nSPS) is 10.7. The van der Waals surface area contributed by atoms with Gasteiger partial charge in [0.2, 0.25) is 11.8 Å². The van der Waals surface area contributed by atoms with Crippen LogP contribution in [0.4, 0.5) is 10.8 Å². The van der Waals surface area contributed by atoms with Crippen LogP contribution in [0, 0.1) is 6.92 Å². The van der Waals surface area contributed by atoms with Gasteiger partial charge < -0.3 is 10.6 Å². The van der Waals surface area contributed by atoms with Crippen LogP contribution in [0.3, 0.4) is 0 Å². The Morgan fingerprint density at radius 3 is 2.78 bits per heavy atom. The lowest BCUT2D eigenvalue weighted by molar-refractivity contribution is -0.116. The summed E-state index contributed by atoms with van der Waals surface area (Å²) < 4.78 is 1.06. The van der Waals surface area contributed by atoms with E-state index in [9.17, 15) is 9.59 Å². The van der Waals surface area contributed by atoms with Crippen molar-refractivity contribution in [3.63, 3.8) is 0 Å². The van der Waals surface area contributed by atoms with E-state index in [0.29, 0.717) is 11.6 Å². The highest BCUT2D eigenvalue weighted by Crippen LogP contribution is 2.27. The second-order valence-electron chi connectivity index (χ2n) is 6.15. The molecule has 3 aromatic rings. The number of hydrogen-bond donors (Lipinski definition) is 2. The van der Waals surface area contributed by atoms with Crippen LogP contribution in [0.1, 0.15) is 25.3 Å². The molecule has 2 amide bonds. The Bertz CT molecular complexity index is 969. The molecule has 0 aliphatic carbocycles. The molecular weight excluding hydrogens is 378 g/mol. The second kappa shape index (κ2) is 9.01. The topological polar surface area (TPSA) is 71.1 Å². The van der Waals surface area contributed by atoms with Crippen molar-refractivity contribution >= 4 is 55.9 Å². The molecule has 3 rings (SSSR count). The quantitative estimate of drug-likeness (QED) is 0.544. The molecule has 0 fully saturated rings. The van der Waals surface area contributed by atoms with Crippen molar-refractivity contribution in [2.45, 2.75) is 31.6 Å². The van der Waals surface area contributed by atoms with Gasteiger partial charge in [0.05, 0.1) is 16.0 Å². The third kappa shape index (κ3) is 5.55. The molecular formula is C20H21N3O2S2. The monoisotopic (exact) mass is 399 g/mol. The number of rotatable bonds is 7. The minimum atomic E-state index is -0.101. The standard InChI is InChI=1S/C20H21N3O2S2/c1-3-5-18(24)21-14-6-4-7-15(11-14)26-12-19(25)23-20-22-16-9-8-13(2)10-17(16)27-20/h4,6-11H,3,5,12H2,1-2H3,(H,21,24)(H,22,23,25). The first-order valence-corrected chi connectivity index (χ1v) is 10.5. The van der Waals surface area contributed by atoms with Crippen molar-refractivity contribution in [2.75, 3.05) is 16.4 Å². The van der Waals surface area contributed by atoms with E-state index in [1.165, 1.54) is 28.7 Å². The zero-order valence-corrected chi connectivity index (χ0v) is 16.9. The molecule has 27 heavy (non-hydrogen) atoms. The van der Waals surface area contributed by atoms with Crippen molar-refractivity contribution in [2.24, 2.45) is 0 Å². The highest BCUT2D eigenvalue weighted by molar-refractivity contribution is 8.00. The van der Waals surface area contributed by atoms with Crippen LogP contribution in [0.15, 0.2) is 47.4 Å². The van der Waals surface area contributed by atoms with Gasteiger partial charge in [-0.3, -0.25) is 9.59 Å². The van der Waals surface area contributed by atoms with E-state index in [-0.39, 0.29) is 17.6 Å². The first kappa shape index (κ1) is 19.4. The summed E-state index contributed by atoms with van der Waals surface area (Å²) in [7, 11) is 0. The first-order chi connectivity index (χ1) is 13.0. The Kier molecular flexibility index (Phi) is 6.47. The minimum absolute atomic E-state index is 0.00321. The van der Waals surface area contributed by atoms with E-state index >= 15 is 0 Å². The number of nitrogens with one attached hydrogen (secondary N) is 2. The molecule has 0 aliphatic heterocycles. The lowest BCUT2D eigenvalue weighted by atomic mass is 10.2. The molecule has 1 aromatic heterocycles. The molecule has 2 N–H and O–H groups in total. The van der Waals surface area contributed by atoms with Gasteiger partial charge in [-0.05, 0) is 49.2 Å². The van der Waals surface area contributed by atoms with Gasteiger partial charge in [0.15, 0.2) is 5.13 Å². The zero-order chi connectivity index (χ0) is 19.2. The van der Waals surface area contributed by atoms with Crippen LogP contribution in [-0.2, 0) is 9.59 Å². The van der Waals surface area contributed by atoms with E-state index in [1.54, 1.807) is 0 Å². The molecule has 0 saturated carbocycles. The average Bonchev–Trinajstić information content (AvgIpc) is 3.01. The molecule has 0 bridgehead atoms. The predicted octanol–water partition coefficient (Wildman–Crippen LogP) is 5.07. The van der Waals surface area contributed by atoms with Crippen molar-refractivity contribution in [3.05, 3.63) is 48.0 Å². The average molecular weight is 400 g/mol. The summed E-state index contributed by atoms with van der Waals surface area (Å²) in [5.74, 6) is 0.182.